The molecule has 0 aromatic heterocycles. The number of benzene rings is 4. The molecule has 6 nitrogen and oxygen atoms in total. The normalized spacial score (nSPS) is 11.9. The van der Waals surface area contributed by atoms with Crippen LogP contribution >= 0.6 is 35.0 Å². The summed E-state index contributed by atoms with van der Waals surface area (Å²) in [5, 5.41) is 8.63. The Morgan fingerprint density at radius 1 is 0.833 bits per heavy atom. The maximum atomic E-state index is 13.4. The SMILES string of the molecule is CCC(Sc1cccc(NC(=O)/C(=C/c2ccc(F)cc2)NC(=O)c2ccccc2)c1)C(=O)Nc1ccc(Cl)c(Cl)c1. The molecule has 0 saturated carbocycles. The molecule has 1 unspecified atom stereocenters. The highest BCUT2D eigenvalue weighted by molar-refractivity contribution is 8.00. The molecular formula is C32H26Cl2FN3O3S. The lowest BCUT2D eigenvalue weighted by Gasteiger charge is -2.16. The highest BCUT2D eigenvalue weighted by Crippen LogP contribution is 2.30. The van der Waals surface area contributed by atoms with Crippen LogP contribution in [0.25, 0.3) is 6.08 Å². The van der Waals surface area contributed by atoms with Crippen molar-refractivity contribution in [3.8, 4) is 0 Å². The van der Waals surface area contributed by atoms with E-state index < -0.39 is 22.9 Å². The predicted molar refractivity (Wildman–Crippen MR) is 168 cm³/mol. The van der Waals surface area contributed by atoms with Crippen LogP contribution in [0.4, 0.5) is 15.8 Å². The number of hydrogen-bond acceptors (Lipinski definition) is 4. The molecular weight excluding hydrogens is 596 g/mol. The van der Waals surface area contributed by atoms with E-state index >= 15 is 0 Å². The number of nitrogens with one attached hydrogen (secondary N) is 3. The van der Waals surface area contributed by atoms with E-state index in [2.05, 4.69) is 16.0 Å². The first-order valence-electron chi connectivity index (χ1n) is 12.9. The van der Waals surface area contributed by atoms with Crippen LogP contribution in [0.5, 0.6) is 0 Å². The van der Waals surface area contributed by atoms with Gasteiger partial charge >= 0.3 is 0 Å². The number of hydrogen-bond donors (Lipinski definition) is 3. The molecule has 0 radical (unpaired) electrons. The minimum Gasteiger partial charge on any atom is -0.325 e. The van der Waals surface area contributed by atoms with Gasteiger partial charge in [-0.25, -0.2) is 4.39 Å². The molecule has 0 aliphatic heterocycles. The van der Waals surface area contributed by atoms with Crippen LogP contribution < -0.4 is 16.0 Å². The lowest BCUT2D eigenvalue weighted by molar-refractivity contribution is -0.116. The number of halogens is 3. The number of carbonyl (C=O) groups is 3. The molecule has 0 aliphatic carbocycles. The summed E-state index contributed by atoms with van der Waals surface area (Å²) in [5.74, 6) is -1.67. The summed E-state index contributed by atoms with van der Waals surface area (Å²) < 4.78 is 13.4. The molecule has 0 spiro atoms. The zero-order valence-electron chi connectivity index (χ0n) is 22.4. The van der Waals surface area contributed by atoms with Crippen LogP contribution in [0.1, 0.15) is 29.3 Å². The summed E-state index contributed by atoms with van der Waals surface area (Å²) in [6.07, 6.45) is 2.01. The Kier molecular flexibility index (Phi) is 10.8. The van der Waals surface area contributed by atoms with Crippen molar-refractivity contribution in [3.63, 3.8) is 0 Å². The van der Waals surface area contributed by atoms with Crippen molar-refractivity contribution in [2.45, 2.75) is 23.5 Å². The summed E-state index contributed by atoms with van der Waals surface area (Å²) in [5.41, 5.74) is 1.87. The molecule has 4 aromatic rings. The standard InChI is InChI=1S/C32H26Cl2FN3O3S/c1-2-29(32(41)37-24-15-16-26(33)27(34)19-24)42-25-10-6-9-23(18-25)36-31(40)28(17-20-11-13-22(35)14-12-20)38-30(39)21-7-4-3-5-8-21/h3-19,29H,2H2,1H3,(H,36,40)(H,37,41)(H,38,39)/b28-17-. The molecule has 0 heterocycles. The summed E-state index contributed by atoms with van der Waals surface area (Å²) in [6.45, 7) is 1.90. The van der Waals surface area contributed by atoms with Gasteiger partial charge in [0.2, 0.25) is 5.91 Å². The van der Waals surface area contributed by atoms with Crippen LogP contribution in [-0.2, 0) is 9.59 Å². The van der Waals surface area contributed by atoms with Gasteiger partial charge < -0.3 is 16.0 Å². The molecule has 4 rings (SSSR count). The topological polar surface area (TPSA) is 87.3 Å². The zero-order valence-corrected chi connectivity index (χ0v) is 24.7. The van der Waals surface area contributed by atoms with Gasteiger partial charge in [-0.3, -0.25) is 14.4 Å². The number of thioether (sulfide) groups is 1. The number of rotatable bonds is 10. The first-order valence-corrected chi connectivity index (χ1v) is 14.5. The third-order valence-electron chi connectivity index (χ3n) is 5.93. The Morgan fingerprint density at radius 2 is 1.55 bits per heavy atom. The fourth-order valence-electron chi connectivity index (χ4n) is 3.80. The first kappa shape index (κ1) is 30.8. The van der Waals surface area contributed by atoms with Crippen molar-refractivity contribution < 1.29 is 18.8 Å². The van der Waals surface area contributed by atoms with E-state index in [1.165, 1.54) is 42.1 Å². The average Bonchev–Trinajstić information content (AvgIpc) is 2.99. The average molecular weight is 623 g/mol. The second kappa shape index (κ2) is 14.7. The van der Waals surface area contributed by atoms with Gasteiger partial charge in [0.15, 0.2) is 0 Å². The van der Waals surface area contributed by atoms with Crippen LogP contribution in [-0.4, -0.2) is 23.0 Å². The zero-order chi connectivity index (χ0) is 30.1. The van der Waals surface area contributed by atoms with Gasteiger partial charge in [-0.15, -0.1) is 11.8 Å². The molecule has 0 fully saturated rings. The van der Waals surface area contributed by atoms with Crippen LogP contribution in [0.15, 0.2) is 108 Å². The van der Waals surface area contributed by atoms with E-state index in [9.17, 15) is 18.8 Å². The summed E-state index contributed by atoms with van der Waals surface area (Å²) in [7, 11) is 0. The lowest BCUT2D eigenvalue weighted by atomic mass is 10.1. The molecule has 0 saturated heterocycles. The van der Waals surface area contributed by atoms with Crippen molar-refractivity contribution in [3.05, 3.63) is 130 Å². The van der Waals surface area contributed by atoms with Crippen molar-refractivity contribution in [2.75, 3.05) is 10.6 Å². The first-order chi connectivity index (χ1) is 20.2. The summed E-state index contributed by atoms with van der Waals surface area (Å²) in [6, 6.07) is 25.9. The fourth-order valence-corrected chi connectivity index (χ4v) is 5.11. The molecule has 10 heteroatoms. The molecule has 3 N–H and O–H groups in total. The maximum Gasteiger partial charge on any atom is 0.272 e. The molecule has 214 valence electrons. The Labute approximate surface area is 257 Å². The third kappa shape index (κ3) is 8.69. The molecule has 4 aromatic carbocycles. The van der Waals surface area contributed by atoms with E-state index in [0.29, 0.717) is 39.0 Å². The highest BCUT2D eigenvalue weighted by Gasteiger charge is 2.20. The van der Waals surface area contributed by atoms with E-state index in [-0.39, 0.29) is 11.6 Å². The van der Waals surface area contributed by atoms with Gasteiger partial charge in [-0.05, 0) is 78.7 Å². The lowest BCUT2D eigenvalue weighted by Crippen LogP contribution is -2.30. The van der Waals surface area contributed by atoms with Crippen LogP contribution in [0, 0.1) is 5.82 Å². The third-order valence-corrected chi connectivity index (χ3v) is 8.03. The van der Waals surface area contributed by atoms with E-state index in [4.69, 9.17) is 23.2 Å². The van der Waals surface area contributed by atoms with Gasteiger partial charge in [0.1, 0.15) is 11.5 Å². The van der Waals surface area contributed by atoms with Gasteiger partial charge in [-0.2, -0.15) is 0 Å². The van der Waals surface area contributed by atoms with Crippen molar-refractivity contribution >= 4 is 70.1 Å². The minimum atomic E-state index is -0.574. The van der Waals surface area contributed by atoms with Crippen molar-refractivity contribution in [1.29, 1.82) is 0 Å². The highest BCUT2D eigenvalue weighted by atomic mass is 35.5. The molecule has 0 aliphatic rings. The van der Waals surface area contributed by atoms with Gasteiger partial charge in [0, 0.05) is 21.8 Å². The summed E-state index contributed by atoms with van der Waals surface area (Å²) in [4.78, 5) is 39.9. The minimum absolute atomic E-state index is 0.0269. The maximum absolute atomic E-state index is 13.4. The smallest absolute Gasteiger partial charge is 0.272 e. The molecule has 42 heavy (non-hydrogen) atoms. The van der Waals surface area contributed by atoms with E-state index in [1.807, 2.05) is 13.0 Å². The Bertz CT molecular complexity index is 1620. The van der Waals surface area contributed by atoms with Crippen molar-refractivity contribution in [2.24, 2.45) is 0 Å². The Balaban J connectivity index is 1.49. The fraction of sp³-hybridized carbons (Fsp3) is 0.0938. The largest absolute Gasteiger partial charge is 0.325 e. The number of amides is 3. The summed E-state index contributed by atoms with van der Waals surface area (Å²) >= 11 is 13.4. The molecule has 0 bridgehead atoms. The second-order valence-corrected chi connectivity index (χ2v) is 11.1. The van der Waals surface area contributed by atoms with Crippen molar-refractivity contribution in [1.82, 2.24) is 5.32 Å². The van der Waals surface area contributed by atoms with Gasteiger partial charge in [0.05, 0.1) is 15.3 Å². The Morgan fingerprint density at radius 3 is 2.24 bits per heavy atom. The second-order valence-electron chi connectivity index (χ2n) is 9.04. The molecule has 1 atom stereocenters. The van der Waals surface area contributed by atoms with Crippen LogP contribution in [0.2, 0.25) is 10.0 Å². The van der Waals surface area contributed by atoms with Gasteiger partial charge in [0.25, 0.3) is 11.8 Å². The number of anilines is 2. The monoisotopic (exact) mass is 621 g/mol. The van der Waals surface area contributed by atoms with E-state index in [0.717, 1.165) is 4.90 Å². The molecule has 3 amide bonds. The predicted octanol–water partition coefficient (Wildman–Crippen LogP) is 8.05. The number of carbonyl (C=O) groups excluding carboxylic acids is 3. The van der Waals surface area contributed by atoms with Crippen LogP contribution in [0.3, 0.4) is 0 Å². The quantitative estimate of drug-likeness (QED) is 0.123. The van der Waals surface area contributed by atoms with E-state index in [1.54, 1.807) is 66.7 Å². The Hall–Kier alpha value is -4.11. The van der Waals surface area contributed by atoms with Gasteiger partial charge in [-0.1, -0.05) is 66.5 Å².